The molecule has 2 aromatic heterocycles. The number of rotatable bonds is 4. The van der Waals surface area contributed by atoms with E-state index < -0.39 is 0 Å². The van der Waals surface area contributed by atoms with Gasteiger partial charge in [-0.1, -0.05) is 26.0 Å². The average Bonchev–Trinajstić information content (AvgIpc) is 3.17. The van der Waals surface area contributed by atoms with Crippen LogP contribution in [0.1, 0.15) is 30.9 Å². The number of piperazine rings is 1. The van der Waals surface area contributed by atoms with Gasteiger partial charge in [-0.15, -0.1) is 15.3 Å². The Morgan fingerprint density at radius 2 is 1.93 bits per heavy atom. The van der Waals surface area contributed by atoms with Crippen molar-refractivity contribution in [3.05, 3.63) is 53.6 Å². The van der Waals surface area contributed by atoms with E-state index in [1.54, 1.807) is 16.9 Å². The monoisotopic (exact) mass is 382 g/mol. The molecule has 146 valence electrons. The predicted octanol–water partition coefficient (Wildman–Crippen LogP) is 2.28. The number of hydrogen-bond acceptors (Lipinski definition) is 5. The Morgan fingerprint density at radius 3 is 2.68 bits per heavy atom. The van der Waals surface area contributed by atoms with Gasteiger partial charge >= 0.3 is 0 Å². The van der Waals surface area contributed by atoms with Gasteiger partial charge in [-0.2, -0.15) is 4.52 Å². The van der Waals surface area contributed by atoms with Crippen molar-refractivity contribution >= 4 is 17.4 Å². The number of benzene rings is 1. The van der Waals surface area contributed by atoms with E-state index in [0.717, 1.165) is 11.4 Å². The van der Waals surface area contributed by atoms with Crippen LogP contribution in [0.15, 0.2) is 36.7 Å². The summed E-state index contributed by atoms with van der Waals surface area (Å²) in [5, 5.41) is 12.3. The number of fused-ring (bicyclic) bond motifs is 1. The van der Waals surface area contributed by atoms with Gasteiger partial charge in [0.15, 0.2) is 5.65 Å². The van der Waals surface area contributed by atoms with E-state index in [1.807, 2.05) is 36.9 Å². The second-order valence-electron chi connectivity index (χ2n) is 7.38. The molecule has 1 aliphatic heterocycles. The molecule has 3 heterocycles. The Balaban J connectivity index is 1.38. The van der Waals surface area contributed by atoms with Gasteiger partial charge in [0.2, 0.25) is 5.91 Å². The normalized spacial score (nSPS) is 14.9. The smallest absolute Gasteiger partial charge is 0.227 e. The van der Waals surface area contributed by atoms with Crippen LogP contribution in [0, 0.1) is 5.82 Å². The average molecular weight is 382 g/mol. The zero-order chi connectivity index (χ0) is 19.7. The van der Waals surface area contributed by atoms with Crippen molar-refractivity contribution in [2.24, 2.45) is 0 Å². The Hall–Kier alpha value is -3.03. The maximum Gasteiger partial charge on any atom is 0.227 e. The molecule has 0 unspecified atom stereocenters. The van der Waals surface area contributed by atoms with Crippen LogP contribution in [0.2, 0.25) is 0 Å². The Kier molecular flexibility index (Phi) is 4.93. The minimum absolute atomic E-state index is 0.0724. The first kappa shape index (κ1) is 18.3. The number of amides is 1. The van der Waals surface area contributed by atoms with Crippen molar-refractivity contribution in [1.82, 2.24) is 24.7 Å². The summed E-state index contributed by atoms with van der Waals surface area (Å²) in [7, 11) is 0. The number of halogens is 1. The van der Waals surface area contributed by atoms with Crippen LogP contribution in [0.5, 0.6) is 0 Å². The van der Waals surface area contributed by atoms with E-state index in [4.69, 9.17) is 0 Å². The molecule has 0 radical (unpaired) electrons. The zero-order valence-electron chi connectivity index (χ0n) is 16.0. The fourth-order valence-electron chi connectivity index (χ4n) is 3.50. The summed E-state index contributed by atoms with van der Waals surface area (Å²) < 4.78 is 15.5. The van der Waals surface area contributed by atoms with Gasteiger partial charge in [-0.3, -0.25) is 4.79 Å². The molecule has 0 bridgehead atoms. The van der Waals surface area contributed by atoms with Gasteiger partial charge in [0.05, 0.1) is 6.42 Å². The molecule has 0 N–H and O–H groups in total. The topological polar surface area (TPSA) is 66.6 Å². The quantitative estimate of drug-likeness (QED) is 0.693. The van der Waals surface area contributed by atoms with Crippen molar-refractivity contribution in [3.63, 3.8) is 0 Å². The molecular weight excluding hydrogens is 359 g/mol. The van der Waals surface area contributed by atoms with E-state index in [2.05, 4.69) is 20.2 Å². The third-order valence-electron chi connectivity index (χ3n) is 5.14. The number of aromatic nitrogens is 4. The molecule has 1 aliphatic rings. The lowest BCUT2D eigenvalue weighted by Gasteiger charge is -2.35. The van der Waals surface area contributed by atoms with Crippen LogP contribution in [0.4, 0.5) is 10.2 Å². The molecule has 1 saturated heterocycles. The molecule has 4 rings (SSSR count). The summed E-state index contributed by atoms with van der Waals surface area (Å²) in [4.78, 5) is 16.7. The van der Waals surface area contributed by atoms with Crippen LogP contribution in [0.25, 0.3) is 5.65 Å². The number of carbonyl (C=O) groups excluding carboxylic acids is 1. The lowest BCUT2D eigenvalue weighted by atomic mass is 9.98. The Morgan fingerprint density at radius 1 is 1.14 bits per heavy atom. The molecule has 0 saturated carbocycles. The third kappa shape index (κ3) is 3.67. The number of nitrogens with zero attached hydrogens (tertiary/aromatic N) is 6. The third-order valence-corrected chi connectivity index (χ3v) is 5.14. The van der Waals surface area contributed by atoms with Crippen molar-refractivity contribution in [3.8, 4) is 0 Å². The maximum absolute atomic E-state index is 13.9. The van der Waals surface area contributed by atoms with Crippen molar-refractivity contribution < 1.29 is 9.18 Å². The van der Waals surface area contributed by atoms with E-state index in [0.29, 0.717) is 43.8 Å². The highest BCUT2D eigenvalue weighted by Gasteiger charge is 2.22. The number of hydrogen-bond donors (Lipinski definition) is 0. The van der Waals surface area contributed by atoms with Crippen molar-refractivity contribution in [2.45, 2.75) is 26.2 Å². The van der Waals surface area contributed by atoms with Crippen LogP contribution in [-0.4, -0.2) is 56.8 Å². The van der Waals surface area contributed by atoms with Gasteiger partial charge < -0.3 is 9.80 Å². The van der Waals surface area contributed by atoms with Gasteiger partial charge in [0.1, 0.15) is 18.0 Å². The van der Waals surface area contributed by atoms with Crippen molar-refractivity contribution in [1.29, 1.82) is 0 Å². The van der Waals surface area contributed by atoms with Crippen LogP contribution in [-0.2, 0) is 11.2 Å². The molecular formula is C20H23FN6O. The summed E-state index contributed by atoms with van der Waals surface area (Å²) in [6.07, 6.45) is 1.87. The first-order valence-electron chi connectivity index (χ1n) is 9.49. The molecule has 7 nitrogen and oxygen atoms in total. The largest absolute Gasteiger partial charge is 0.352 e. The second kappa shape index (κ2) is 7.53. The fraction of sp³-hybridized carbons (Fsp3) is 0.400. The molecule has 1 aromatic carbocycles. The van der Waals surface area contributed by atoms with Gasteiger partial charge in [0, 0.05) is 26.2 Å². The summed E-state index contributed by atoms with van der Waals surface area (Å²) in [6, 6.07) is 8.78. The first-order chi connectivity index (χ1) is 13.5. The predicted molar refractivity (Wildman–Crippen MR) is 104 cm³/mol. The van der Waals surface area contributed by atoms with Crippen molar-refractivity contribution in [2.75, 3.05) is 31.1 Å². The Labute approximate surface area is 162 Å². The Bertz CT molecular complexity index is 993. The van der Waals surface area contributed by atoms with Gasteiger partial charge in [-0.25, -0.2) is 4.39 Å². The molecule has 0 aliphatic carbocycles. The summed E-state index contributed by atoms with van der Waals surface area (Å²) in [5.41, 5.74) is 2.22. The van der Waals surface area contributed by atoms with E-state index >= 15 is 0 Å². The number of anilines is 1. The van der Waals surface area contributed by atoms with Gasteiger partial charge in [-0.05, 0) is 35.2 Å². The standard InChI is InChI=1S/C20H23FN6O/c1-14(2)16-11-15(3-4-17(16)21)12-20(28)26-9-7-25(8-10-26)19-6-5-18-23-22-13-27(18)24-19/h3-6,11,13-14H,7-10,12H2,1-2H3. The highest BCUT2D eigenvalue weighted by molar-refractivity contribution is 5.79. The molecule has 1 amide bonds. The van der Waals surface area contributed by atoms with E-state index in [1.165, 1.54) is 6.07 Å². The number of carbonyl (C=O) groups is 1. The fourth-order valence-corrected chi connectivity index (χ4v) is 3.50. The summed E-state index contributed by atoms with van der Waals surface area (Å²) in [5.74, 6) is 0.800. The molecule has 8 heteroatoms. The highest BCUT2D eigenvalue weighted by atomic mass is 19.1. The van der Waals surface area contributed by atoms with Gasteiger partial charge in [0.25, 0.3) is 0 Å². The SMILES string of the molecule is CC(C)c1cc(CC(=O)N2CCN(c3ccc4nncn4n3)CC2)ccc1F. The molecule has 3 aromatic rings. The lowest BCUT2D eigenvalue weighted by Crippen LogP contribution is -2.49. The lowest BCUT2D eigenvalue weighted by molar-refractivity contribution is -0.130. The highest BCUT2D eigenvalue weighted by Crippen LogP contribution is 2.21. The van der Waals surface area contributed by atoms with E-state index in [9.17, 15) is 9.18 Å². The zero-order valence-corrected chi connectivity index (χ0v) is 16.0. The van der Waals surface area contributed by atoms with E-state index in [-0.39, 0.29) is 17.6 Å². The maximum atomic E-state index is 13.9. The van der Waals surface area contributed by atoms with Crippen LogP contribution >= 0.6 is 0 Å². The summed E-state index contributed by atoms with van der Waals surface area (Å²) >= 11 is 0. The molecule has 0 spiro atoms. The van der Waals surface area contributed by atoms with Crippen LogP contribution < -0.4 is 4.90 Å². The molecule has 28 heavy (non-hydrogen) atoms. The molecule has 1 fully saturated rings. The first-order valence-corrected chi connectivity index (χ1v) is 9.49. The summed E-state index contributed by atoms with van der Waals surface area (Å²) in [6.45, 7) is 6.61. The minimum atomic E-state index is -0.211. The van der Waals surface area contributed by atoms with Crippen LogP contribution in [0.3, 0.4) is 0 Å². The molecule has 0 atom stereocenters. The second-order valence-corrected chi connectivity index (χ2v) is 7.38. The minimum Gasteiger partial charge on any atom is -0.352 e.